The molecule has 0 radical (unpaired) electrons. The minimum Gasteiger partial charge on any atom is -0.496 e. The summed E-state index contributed by atoms with van der Waals surface area (Å²) in [6.07, 6.45) is 3.57. The van der Waals surface area contributed by atoms with Crippen LogP contribution in [-0.4, -0.2) is 44.9 Å². The lowest BCUT2D eigenvalue weighted by atomic mass is 10.1. The summed E-state index contributed by atoms with van der Waals surface area (Å²) in [5.41, 5.74) is 1.66. The molecule has 0 unspecified atom stereocenters. The second-order valence-corrected chi connectivity index (χ2v) is 9.42. The van der Waals surface area contributed by atoms with Gasteiger partial charge >= 0.3 is 0 Å². The number of rotatable bonds is 6. The van der Waals surface area contributed by atoms with Crippen LogP contribution in [0.2, 0.25) is 0 Å². The number of hydrogen-bond donors (Lipinski definition) is 1. The van der Waals surface area contributed by atoms with Gasteiger partial charge in [0.15, 0.2) is 11.5 Å². The highest BCUT2D eigenvalue weighted by molar-refractivity contribution is 14.1. The number of aromatic nitrogens is 2. The van der Waals surface area contributed by atoms with Gasteiger partial charge in [0.05, 0.1) is 47.5 Å². The number of amides is 1. The van der Waals surface area contributed by atoms with Gasteiger partial charge in [-0.05, 0) is 32.8 Å². The Balaban J connectivity index is 1.47. The molecule has 0 atom stereocenters. The molecule has 1 aliphatic carbocycles. The predicted molar refractivity (Wildman–Crippen MR) is 126 cm³/mol. The molecule has 32 heavy (non-hydrogen) atoms. The van der Waals surface area contributed by atoms with E-state index in [9.17, 15) is 4.79 Å². The van der Waals surface area contributed by atoms with E-state index in [1.807, 2.05) is 28.9 Å². The molecule has 1 fully saturated rings. The first-order valence-electron chi connectivity index (χ1n) is 10.3. The number of methoxy groups -OCH3 is 1. The third-order valence-electron chi connectivity index (χ3n) is 5.77. The van der Waals surface area contributed by atoms with Gasteiger partial charge in [-0.2, -0.15) is 0 Å². The van der Waals surface area contributed by atoms with Gasteiger partial charge in [0, 0.05) is 17.2 Å². The molecule has 0 saturated heterocycles. The van der Waals surface area contributed by atoms with Crippen LogP contribution >= 0.6 is 22.9 Å². The van der Waals surface area contributed by atoms with E-state index in [0.717, 1.165) is 18.4 Å². The number of nitrogens with one attached hydrogen (secondary N) is 1. The molecule has 1 saturated carbocycles. The molecule has 1 N–H and O–H groups in total. The summed E-state index contributed by atoms with van der Waals surface area (Å²) < 4.78 is 24.3. The number of aryl methyl sites for hydroxylation is 1. The van der Waals surface area contributed by atoms with Crippen LogP contribution in [0.15, 0.2) is 22.9 Å². The number of furan rings is 1. The van der Waals surface area contributed by atoms with E-state index in [2.05, 4.69) is 22.2 Å². The SMILES string of the molecule is COc1cc2c(cc1CN(I)C(=O)c1c(C)oc3ncnc(NC4(C)CC4)c13)OCCO2. The summed E-state index contributed by atoms with van der Waals surface area (Å²) in [7, 11) is 1.59. The molecule has 3 aromatic rings. The Morgan fingerprint density at radius 2 is 1.97 bits per heavy atom. The Labute approximate surface area is 198 Å². The molecular weight excluding hydrogens is 527 g/mol. The van der Waals surface area contributed by atoms with Crippen molar-refractivity contribution in [3.8, 4) is 17.2 Å². The van der Waals surface area contributed by atoms with Crippen molar-refractivity contribution in [3.63, 3.8) is 0 Å². The number of fused-ring (bicyclic) bond motifs is 2. The molecule has 0 bridgehead atoms. The fourth-order valence-corrected chi connectivity index (χ4v) is 4.37. The molecule has 2 aliphatic rings. The average Bonchev–Trinajstić information content (AvgIpc) is 3.40. The molecule has 3 heterocycles. The first-order valence-corrected chi connectivity index (χ1v) is 11.3. The van der Waals surface area contributed by atoms with Crippen LogP contribution in [0.25, 0.3) is 11.1 Å². The van der Waals surface area contributed by atoms with Crippen LogP contribution in [0, 0.1) is 6.92 Å². The van der Waals surface area contributed by atoms with Gasteiger partial charge in [0.25, 0.3) is 5.91 Å². The molecule has 168 valence electrons. The van der Waals surface area contributed by atoms with Crippen LogP contribution in [0.1, 0.15) is 41.4 Å². The van der Waals surface area contributed by atoms with Gasteiger partial charge < -0.3 is 23.9 Å². The van der Waals surface area contributed by atoms with Gasteiger partial charge in [0.1, 0.15) is 36.9 Å². The number of hydrogen-bond acceptors (Lipinski definition) is 8. The van der Waals surface area contributed by atoms with Gasteiger partial charge in [-0.25, -0.2) is 9.97 Å². The van der Waals surface area contributed by atoms with Crippen LogP contribution in [0.4, 0.5) is 5.82 Å². The first-order chi connectivity index (χ1) is 15.4. The summed E-state index contributed by atoms with van der Waals surface area (Å²) >= 11 is 2.02. The summed E-state index contributed by atoms with van der Waals surface area (Å²) in [6.45, 7) is 5.19. The number of halogens is 1. The standard InChI is InChI=1S/C22H23IN4O5/c1-12-17(18-19(26-22(2)4-5-22)24-11-25-20(18)32-12)21(28)27(23)10-13-8-15-16(9-14(13)29-3)31-7-6-30-15/h8-9,11H,4-7,10H2,1-3H3,(H,24,25,26). The van der Waals surface area contributed by atoms with Crippen molar-refractivity contribution < 1.29 is 23.4 Å². The Kier molecular flexibility index (Phi) is 5.26. The van der Waals surface area contributed by atoms with E-state index in [1.54, 1.807) is 23.2 Å². The molecule has 9 nitrogen and oxygen atoms in total. The predicted octanol–water partition coefficient (Wildman–Crippen LogP) is 4.27. The largest absolute Gasteiger partial charge is 0.496 e. The van der Waals surface area contributed by atoms with Crippen LogP contribution in [0.3, 0.4) is 0 Å². The van der Waals surface area contributed by atoms with Crippen LogP contribution in [0.5, 0.6) is 17.2 Å². The zero-order valence-corrected chi connectivity index (χ0v) is 20.2. The molecule has 1 aromatic carbocycles. The zero-order valence-electron chi connectivity index (χ0n) is 18.0. The lowest BCUT2D eigenvalue weighted by molar-refractivity contribution is 0.0882. The Bertz CT molecular complexity index is 1210. The number of ether oxygens (including phenoxy) is 3. The average molecular weight is 550 g/mol. The Hall–Kier alpha value is -2.76. The number of nitrogens with zero attached hydrogens (tertiary/aromatic N) is 3. The second-order valence-electron chi connectivity index (χ2n) is 8.25. The molecule has 10 heteroatoms. The van der Waals surface area contributed by atoms with Crippen molar-refractivity contribution in [2.24, 2.45) is 0 Å². The summed E-state index contributed by atoms with van der Waals surface area (Å²) in [5.74, 6) is 2.85. The second kappa shape index (κ2) is 7.98. The lowest BCUT2D eigenvalue weighted by Gasteiger charge is -2.22. The highest BCUT2D eigenvalue weighted by Gasteiger charge is 2.39. The Morgan fingerprint density at radius 3 is 2.66 bits per heavy atom. The van der Waals surface area contributed by atoms with Gasteiger partial charge in [0.2, 0.25) is 5.71 Å². The van der Waals surface area contributed by atoms with E-state index < -0.39 is 0 Å². The highest BCUT2D eigenvalue weighted by Crippen LogP contribution is 2.41. The fraction of sp³-hybridized carbons (Fsp3) is 0.409. The molecule has 1 amide bonds. The monoisotopic (exact) mass is 550 g/mol. The summed E-state index contributed by atoms with van der Waals surface area (Å²) in [6, 6.07) is 3.65. The van der Waals surface area contributed by atoms with Crippen molar-refractivity contribution in [2.45, 2.75) is 38.8 Å². The topological polar surface area (TPSA) is 99.0 Å². The number of carbonyl (C=O) groups excluding carboxylic acids is 1. The lowest BCUT2D eigenvalue weighted by Crippen LogP contribution is -2.23. The fourth-order valence-electron chi connectivity index (χ4n) is 3.76. The summed E-state index contributed by atoms with van der Waals surface area (Å²) in [4.78, 5) is 22.2. The normalized spacial score (nSPS) is 16.0. The Morgan fingerprint density at radius 1 is 1.25 bits per heavy atom. The molecule has 1 aliphatic heterocycles. The number of carbonyl (C=O) groups is 1. The van der Waals surface area contributed by atoms with E-state index in [-0.39, 0.29) is 11.4 Å². The maximum atomic E-state index is 13.5. The van der Waals surface area contributed by atoms with Crippen molar-refractivity contribution in [1.82, 2.24) is 13.1 Å². The first kappa shape index (κ1) is 21.1. The molecular formula is C22H23IN4O5. The van der Waals surface area contributed by atoms with Crippen molar-refractivity contribution in [2.75, 3.05) is 25.6 Å². The maximum absolute atomic E-state index is 13.5. The minimum absolute atomic E-state index is 0.00461. The molecule has 0 spiro atoms. The van der Waals surface area contributed by atoms with Crippen molar-refractivity contribution in [1.29, 1.82) is 0 Å². The zero-order chi connectivity index (χ0) is 22.5. The third-order valence-corrected chi connectivity index (χ3v) is 6.55. The third kappa shape index (κ3) is 3.80. The van der Waals surface area contributed by atoms with E-state index in [1.165, 1.54) is 6.33 Å². The minimum atomic E-state index is -0.197. The number of benzene rings is 1. The van der Waals surface area contributed by atoms with E-state index in [0.29, 0.717) is 65.2 Å². The van der Waals surface area contributed by atoms with Crippen molar-refractivity contribution in [3.05, 3.63) is 35.3 Å². The highest BCUT2D eigenvalue weighted by atomic mass is 127. The van der Waals surface area contributed by atoms with Gasteiger partial charge in [-0.1, -0.05) is 0 Å². The summed E-state index contributed by atoms with van der Waals surface area (Å²) in [5, 5.41) is 4.06. The molecule has 2 aromatic heterocycles. The van der Waals surface area contributed by atoms with Crippen LogP contribution in [-0.2, 0) is 6.54 Å². The maximum Gasteiger partial charge on any atom is 0.267 e. The smallest absolute Gasteiger partial charge is 0.267 e. The van der Waals surface area contributed by atoms with E-state index in [4.69, 9.17) is 18.6 Å². The van der Waals surface area contributed by atoms with Crippen LogP contribution < -0.4 is 19.5 Å². The quantitative estimate of drug-likeness (QED) is 0.359. The van der Waals surface area contributed by atoms with Gasteiger partial charge in [-0.3, -0.25) is 7.91 Å². The number of anilines is 1. The van der Waals surface area contributed by atoms with Crippen molar-refractivity contribution >= 4 is 45.7 Å². The molecule has 5 rings (SSSR count). The van der Waals surface area contributed by atoms with Gasteiger partial charge in [-0.15, -0.1) is 0 Å². The van der Waals surface area contributed by atoms with E-state index >= 15 is 0 Å².